The summed E-state index contributed by atoms with van der Waals surface area (Å²) in [5.41, 5.74) is 9.21. The number of carbonyl (C=O) groups is 1. The van der Waals surface area contributed by atoms with Crippen molar-refractivity contribution >= 4 is 23.4 Å². The van der Waals surface area contributed by atoms with Gasteiger partial charge in [0.05, 0.1) is 5.69 Å². The number of Topliss-reactive ketones (excluding diaryl/α,β-unsaturated/α-hetero) is 1. The molecule has 1 aromatic carbocycles. The molecule has 46 heavy (non-hydrogen) atoms. The molecule has 0 aliphatic heterocycles. The molecule has 1 aromatic heterocycles. The van der Waals surface area contributed by atoms with E-state index < -0.39 is 6.17 Å². The second-order valence-corrected chi connectivity index (χ2v) is 12.7. The molecule has 0 saturated heterocycles. The number of anilines is 1. The molecule has 1 heterocycles. The zero-order chi connectivity index (χ0) is 34.2. The number of ketones is 1. The fourth-order valence-electron chi connectivity index (χ4n) is 6.15. The summed E-state index contributed by atoms with van der Waals surface area (Å²) in [6, 6.07) is 6.26. The van der Waals surface area contributed by atoms with Crippen molar-refractivity contribution in [2.75, 3.05) is 5.32 Å². The van der Waals surface area contributed by atoms with E-state index in [0.29, 0.717) is 30.3 Å². The first-order valence-electron chi connectivity index (χ1n) is 17.7. The quantitative estimate of drug-likeness (QED) is 0.124. The second kappa shape index (κ2) is 20.0. The van der Waals surface area contributed by atoms with Crippen molar-refractivity contribution in [2.24, 2.45) is 11.8 Å². The van der Waals surface area contributed by atoms with Crippen LogP contribution in [-0.4, -0.2) is 21.9 Å². The summed E-state index contributed by atoms with van der Waals surface area (Å²) < 4.78 is 14.5. The van der Waals surface area contributed by atoms with Crippen molar-refractivity contribution in [1.82, 2.24) is 9.97 Å². The molecule has 4 nitrogen and oxygen atoms in total. The van der Waals surface area contributed by atoms with Crippen LogP contribution in [0.5, 0.6) is 0 Å². The smallest absolute Gasteiger partial charge is 0.227 e. The van der Waals surface area contributed by atoms with E-state index in [2.05, 4.69) is 97.1 Å². The van der Waals surface area contributed by atoms with Crippen molar-refractivity contribution in [3.8, 4) is 0 Å². The van der Waals surface area contributed by atoms with Gasteiger partial charge in [0.2, 0.25) is 5.95 Å². The molecule has 0 radical (unpaired) electrons. The van der Waals surface area contributed by atoms with E-state index in [9.17, 15) is 9.18 Å². The van der Waals surface area contributed by atoms with E-state index in [1.807, 2.05) is 19.2 Å². The zero-order valence-corrected chi connectivity index (χ0v) is 30.4. The van der Waals surface area contributed by atoms with Crippen LogP contribution >= 0.6 is 0 Å². The van der Waals surface area contributed by atoms with Gasteiger partial charge in [-0.2, -0.15) is 0 Å². The standard InChI is InChI=1S/C41H60FN3O/c1-11-18-33(37(42)15-5)23-22-29(8)32(14-4)24-25-39(28(7)13-3)45-41-43-27-35(38(16-6)44-41)26-36(31(10)46)40-30(9)20-17-21-34(40)19-12-2/h14,17,20-21,24-27,29,33,37H,11-13,15-16,18-19,22-23H2,1-10H3,(H,43,44,45)/b25-24-,32-14+,36-26+,39-28+. The lowest BCUT2D eigenvalue weighted by molar-refractivity contribution is -0.111. The zero-order valence-electron chi connectivity index (χ0n) is 30.4. The number of carbonyl (C=O) groups excluding carboxylic acids is 1. The van der Waals surface area contributed by atoms with Gasteiger partial charge < -0.3 is 5.32 Å². The fourth-order valence-corrected chi connectivity index (χ4v) is 6.15. The summed E-state index contributed by atoms with van der Waals surface area (Å²) in [5, 5.41) is 3.49. The van der Waals surface area contributed by atoms with Crippen LogP contribution in [0.3, 0.4) is 0 Å². The SMILES string of the molecule is C\C=C(/C=C\C(Nc1ncc(/C=C(\C(C)=O)c2c(C)cccc2CCC)c(CC)n1)=C(\C)CC)C(C)CCC(CCC)C(F)CC. The maximum absolute atomic E-state index is 14.5. The molecule has 2 aromatic rings. The Labute approximate surface area is 279 Å². The van der Waals surface area contributed by atoms with E-state index in [4.69, 9.17) is 9.97 Å². The van der Waals surface area contributed by atoms with Crippen molar-refractivity contribution in [3.05, 3.63) is 87.4 Å². The molecule has 1 N–H and O–H groups in total. The van der Waals surface area contributed by atoms with E-state index in [1.54, 1.807) is 6.92 Å². The number of rotatable bonds is 19. The van der Waals surface area contributed by atoms with Gasteiger partial charge in [-0.05, 0) is 124 Å². The molecule has 0 spiro atoms. The van der Waals surface area contributed by atoms with Crippen molar-refractivity contribution in [2.45, 2.75) is 133 Å². The molecule has 252 valence electrons. The van der Waals surface area contributed by atoms with Gasteiger partial charge in [0.1, 0.15) is 6.17 Å². The average Bonchev–Trinajstić information content (AvgIpc) is 3.05. The molecular weight excluding hydrogens is 569 g/mol. The summed E-state index contributed by atoms with van der Waals surface area (Å²) in [6.45, 7) is 20.6. The number of hydrogen-bond acceptors (Lipinski definition) is 4. The number of aryl methyl sites for hydroxylation is 3. The highest BCUT2D eigenvalue weighted by Crippen LogP contribution is 2.30. The van der Waals surface area contributed by atoms with E-state index in [1.165, 1.54) is 16.7 Å². The molecule has 0 aliphatic rings. The Bertz CT molecular complexity index is 1400. The number of alkyl halides is 1. The van der Waals surface area contributed by atoms with E-state index in [-0.39, 0.29) is 11.7 Å². The molecule has 3 unspecified atom stereocenters. The van der Waals surface area contributed by atoms with Gasteiger partial charge in [-0.1, -0.05) is 84.7 Å². The first-order valence-corrected chi connectivity index (χ1v) is 17.7. The summed E-state index contributed by atoms with van der Waals surface area (Å²) in [5.74, 6) is 1.06. The number of allylic oxidation sites excluding steroid dienone is 6. The molecular formula is C41H60FN3O. The van der Waals surface area contributed by atoms with Gasteiger partial charge in [0, 0.05) is 23.0 Å². The van der Waals surface area contributed by atoms with Crippen LogP contribution in [0.2, 0.25) is 0 Å². The van der Waals surface area contributed by atoms with Crippen LogP contribution in [0.15, 0.2) is 59.5 Å². The van der Waals surface area contributed by atoms with Crippen LogP contribution in [-0.2, 0) is 17.6 Å². The third-order valence-electron chi connectivity index (χ3n) is 9.17. The highest BCUT2D eigenvalue weighted by molar-refractivity contribution is 6.25. The van der Waals surface area contributed by atoms with E-state index >= 15 is 0 Å². The normalized spacial score (nSPS) is 15.1. The first kappa shape index (κ1) is 38.8. The second-order valence-electron chi connectivity index (χ2n) is 12.7. The number of nitrogens with one attached hydrogen (secondary N) is 1. The lowest BCUT2D eigenvalue weighted by Crippen LogP contribution is -2.16. The predicted molar refractivity (Wildman–Crippen MR) is 197 cm³/mol. The van der Waals surface area contributed by atoms with Crippen LogP contribution in [0, 0.1) is 18.8 Å². The Kier molecular flexibility index (Phi) is 16.9. The number of hydrogen-bond donors (Lipinski definition) is 1. The topological polar surface area (TPSA) is 54.9 Å². The van der Waals surface area contributed by atoms with Crippen LogP contribution in [0.25, 0.3) is 11.6 Å². The fraction of sp³-hybridized carbons (Fsp3) is 0.537. The van der Waals surface area contributed by atoms with Crippen LogP contribution < -0.4 is 5.32 Å². The Hall–Kier alpha value is -3.34. The minimum absolute atomic E-state index is 0.0367. The Balaban J connectivity index is 2.37. The molecule has 2 rings (SSSR count). The summed E-state index contributed by atoms with van der Waals surface area (Å²) in [7, 11) is 0. The maximum atomic E-state index is 14.5. The Morgan fingerprint density at radius 3 is 2.35 bits per heavy atom. The molecule has 0 aliphatic carbocycles. The van der Waals surface area contributed by atoms with E-state index in [0.717, 1.165) is 73.0 Å². The van der Waals surface area contributed by atoms with Crippen molar-refractivity contribution < 1.29 is 9.18 Å². The largest absolute Gasteiger partial charge is 0.324 e. The molecule has 0 saturated carbocycles. The molecule has 5 heteroatoms. The molecule has 0 amide bonds. The predicted octanol–water partition coefficient (Wildman–Crippen LogP) is 11.6. The lowest BCUT2D eigenvalue weighted by Gasteiger charge is -2.22. The van der Waals surface area contributed by atoms with Gasteiger partial charge >= 0.3 is 0 Å². The van der Waals surface area contributed by atoms with Gasteiger partial charge in [-0.15, -0.1) is 0 Å². The average molecular weight is 630 g/mol. The minimum atomic E-state index is -0.715. The highest BCUT2D eigenvalue weighted by Gasteiger charge is 2.20. The minimum Gasteiger partial charge on any atom is -0.324 e. The number of nitrogens with zero attached hydrogens (tertiary/aromatic N) is 2. The van der Waals surface area contributed by atoms with Crippen molar-refractivity contribution in [3.63, 3.8) is 0 Å². The third-order valence-corrected chi connectivity index (χ3v) is 9.17. The number of aromatic nitrogens is 2. The first-order chi connectivity index (χ1) is 22.0. The molecule has 3 atom stereocenters. The monoisotopic (exact) mass is 629 g/mol. The summed E-state index contributed by atoms with van der Waals surface area (Å²) in [4.78, 5) is 22.6. The lowest BCUT2D eigenvalue weighted by atomic mass is 9.86. The van der Waals surface area contributed by atoms with Gasteiger partial charge in [0.25, 0.3) is 0 Å². The molecule has 0 fully saturated rings. The maximum Gasteiger partial charge on any atom is 0.227 e. The molecule has 0 bridgehead atoms. The van der Waals surface area contributed by atoms with Crippen molar-refractivity contribution in [1.29, 1.82) is 0 Å². The number of halogens is 1. The van der Waals surface area contributed by atoms with Crippen LogP contribution in [0.1, 0.15) is 135 Å². The van der Waals surface area contributed by atoms with Crippen LogP contribution in [0.4, 0.5) is 10.3 Å². The summed E-state index contributed by atoms with van der Waals surface area (Å²) in [6.07, 6.45) is 17.5. The van der Waals surface area contributed by atoms with Gasteiger partial charge in [0.15, 0.2) is 5.78 Å². The third kappa shape index (κ3) is 11.2. The highest BCUT2D eigenvalue weighted by atomic mass is 19.1. The summed E-state index contributed by atoms with van der Waals surface area (Å²) >= 11 is 0. The number of benzene rings is 1. The van der Waals surface area contributed by atoms with Gasteiger partial charge in [-0.3, -0.25) is 4.79 Å². The Morgan fingerprint density at radius 1 is 1.02 bits per heavy atom. The Morgan fingerprint density at radius 2 is 1.76 bits per heavy atom. The van der Waals surface area contributed by atoms with Gasteiger partial charge in [-0.25, -0.2) is 14.4 Å².